The van der Waals surface area contributed by atoms with E-state index in [1.165, 1.54) is 18.2 Å². The Hall–Kier alpha value is -1.32. The second kappa shape index (κ2) is 5.98. The van der Waals surface area contributed by atoms with Crippen molar-refractivity contribution in [3.8, 4) is 0 Å². The van der Waals surface area contributed by atoms with Crippen molar-refractivity contribution in [2.75, 3.05) is 22.5 Å². The highest BCUT2D eigenvalue weighted by molar-refractivity contribution is 7.95. The topological polar surface area (TPSA) is 118 Å². The van der Waals surface area contributed by atoms with Crippen LogP contribution in [0.15, 0.2) is 18.2 Å². The molecular formula is C10H12ClNO6S2. The molecule has 0 atom stereocenters. The molecule has 20 heavy (non-hydrogen) atoms. The third-order valence-electron chi connectivity index (χ3n) is 2.22. The van der Waals surface area contributed by atoms with Crippen LogP contribution in [0, 0.1) is 0 Å². The summed E-state index contributed by atoms with van der Waals surface area (Å²) >= 11 is 5.76. The van der Waals surface area contributed by atoms with Crippen molar-refractivity contribution in [2.24, 2.45) is 0 Å². The van der Waals surface area contributed by atoms with Crippen LogP contribution in [0.1, 0.15) is 10.4 Å². The van der Waals surface area contributed by atoms with Crippen LogP contribution in [0.3, 0.4) is 0 Å². The maximum Gasteiger partial charge on any atom is 0.337 e. The molecule has 0 saturated carbocycles. The minimum absolute atomic E-state index is 0.0900. The van der Waals surface area contributed by atoms with E-state index in [-0.39, 0.29) is 16.3 Å². The highest BCUT2D eigenvalue weighted by Gasteiger charge is 2.20. The van der Waals surface area contributed by atoms with Gasteiger partial charge in [-0.1, -0.05) is 17.7 Å². The summed E-state index contributed by atoms with van der Waals surface area (Å²) in [6, 6.07) is 3.87. The van der Waals surface area contributed by atoms with Crippen LogP contribution < -0.4 is 4.72 Å². The highest BCUT2D eigenvalue weighted by Crippen LogP contribution is 2.27. The molecule has 0 fully saturated rings. The monoisotopic (exact) mass is 341 g/mol. The van der Waals surface area contributed by atoms with Gasteiger partial charge in [0.25, 0.3) is 0 Å². The van der Waals surface area contributed by atoms with Crippen molar-refractivity contribution in [1.29, 1.82) is 0 Å². The average molecular weight is 342 g/mol. The summed E-state index contributed by atoms with van der Waals surface area (Å²) in [5.41, 5.74) is -0.601. The Morgan fingerprint density at radius 1 is 1.25 bits per heavy atom. The molecule has 0 aliphatic heterocycles. The summed E-state index contributed by atoms with van der Waals surface area (Å²) in [7, 11) is -7.48. The summed E-state index contributed by atoms with van der Waals surface area (Å²) < 4.78 is 47.4. The fourth-order valence-corrected chi connectivity index (χ4v) is 4.27. The minimum atomic E-state index is -4.02. The third kappa shape index (κ3) is 4.99. The number of nitrogens with one attached hydrogen (secondary N) is 1. The third-order valence-corrected chi connectivity index (χ3v) is 5.00. The first-order chi connectivity index (χ1) is 9.02. The van der Waals surface area contributed by atoms with Gasteiger partial charge in [0.05, 0.1) is 27.8 Å². The van der Waals surface area contributed by atoms with E-state index in [0.29, 0.717) is 0 Å². The van der Waals surface area contributed by atoms with Crippen LogP contribution in [0.25, 0.3) is 0 Å². The largest absolute Gasteiger partial charge is 0.478 e. The van der Waals surface area contributed by atoms with E-state index in [2.05, 4.69) is 0 Å². The lowest BCUT2D eigenvalue weighted by Gasteiger charge is -2.11. The van der Waals surface area contributed by atoms with Crippen molar-refractivity contribution in [3.63, 3.8) is 0 Å². The number of sulfone groups is 1. The predicted molar refractivity (Wildman–Crippen MR) is 75.5 cm³/mol. The molecule has 1 aromatic rings. The number of carboxylic acids is 1. The van der Waals surface area contributed by atoms with Crippen LogP contribution in [0.4, 0.5) is 5.69 Å². The number of carboxylic acid groups (broad SMARTS) is 1. The number of hydrogen-bond acceptors (Lipinski definition) is 5. The van der Waals surface area contributed by atoms with E-state index in [4.69, 9.17) is 16.7 Å². The number of aromatic carboxylic acids is 1. The Morgan fingerprint density at radius 3 is 2.35 bits per heavy atom. The molecule has 0 bridgehead atoms. The molecule has 0 saturated heterocycles. The SMILES string of the molecule is CS(=O)(=O)CCS(=O)(=O)Nc1c(Cl)cccc1C(=O)O. The zero-order chi connectivity index (χ0) is 15.6. The number of anilines is 1. The van der Waals surface area contributed by atoms with Crippen LogP contribution in [0.5, 0.6) is 0 Å². The van der Waals surface area contributed by atoms with Gasteiger partial charge in [0, 0.05) is 6.26 Å². The molecule has 10 heteroatoms. The molecule has 0 aliphatic rings. The van der Waals surface area contributed by atoms with Gasteiger partial charge in [0.15, 0.2) is 0 Å². The molecule has 112 valence electrons. The Balaban J connectivity index is 3.07. The average Bonchev–Trinajstić information content (AvgIpc) is 2.28. The maximum absolute atomic E-state index is 11.7. The first-order valence-electron chi connectivity index (χ1n) is 5.22. The standard InChI is InChI=1S/C10H12ClNO6S2/c1-19(15,16)5-6-20(17,18)12-9-7(10(13)14)3-2-4-8(9)11/h2-4,12H,5-6H2,1H3,(H,13,14). The molecule has 1 rings (SSSR count). The van der Waals surface area contributed by atoms with Gasteiger partial charge in [-0.05, 0) is 12.1 Å². The van der Waals surface area contributed by atoms with Gasteiger partial charge >= 0.3 is 5.97 Å². The normalized spacial score (nSPS) is 12.1. The Morgan fingerprint density at radius 2 is 1.85 bits per heavy atom. The molecule has 0 heterocycles. The lowest BCUT2D eigenvalue weighted by atomic mass is 10.2. The van der Waals surface area contributed by atoms with Gasteiger partial charge in [0.2, 0.25) is 10.0 Å². The molecule has 0 radical (unpaired) electrons. The molecular weight excluding hydrogens is 330 g/mol. The van der Waals surface area contributed by atoms with Gasteiger partial charge in [-0.25, -0.2) is 21.6 Å². The molecule has 0 amide bonds. The number of rotatable bonds is 6. The summed E-state index contributed by atoms with van der Waals surface area (Å²) in [4.78, 5) is 11.0. The van der Waals surface area contributed by atoms with Gasteiger partial charge < -0.3 is 5.11 Å². The zero-order valence-corrected chi connectivity index (χ0v) is 12.7. The smallest absolute Gasteiger partial charge is 0.337 e. The van der Waals surface area contributed by atoms with E-state index in [9.17, 15) is 21.6 Å². The summed E-state index contributed by atoms with van der Waals surface area (Å²) in [5.74, 6) is -2.61. The molecule has 0 aliphatic carbocycles. The van der Waals surface area contributed by atoms with Crippen molar-refractivity contribution in [1.82, 2.24) is 0 Å². The Kier molecular flexibility index (Phi) is 5.00. The van der Waals surface area contributed by atoms with E-state index in [1.807, 2.05) is 4.72 Å². The van der Waals surface area contributed by atoms with Gasteiger partial charge in [0.1, 0.15) is 9.84 Å². The van der Waals surface area contributed by atoms with Crippen LogP contribution in [-0.4, -0.2) is 45.7 Å². The van der Waals surface area contributed by atoms with Crippen molar-refractivity contribution < 1.29 is 26.7 Å². The molecule has 2 N–H and O–H groups in total. The minimum Gasteiger partial charge on any atom is -0.478 e. The second-order valence-corrected chi connectivity index (χ2v) is 8.53. The summed E-state index contributed by atoms with van der Waals surface area (Å²) in [6.07, 6.45) is 0.903. The fraction of sp³-hybridized carbons (Fsp3) is 0.300. The quantitative estimate of drug-likeness (QED) is 0.791. The van der Waals surface area contributed by atoms with Gasteiger partial charge in [-0.15, -0.1) is 0 Å². The van der Waals surface area contributed by atoms with Gasteiger partial charge in [-0.3, -0.25) is 4.72 Å². The van der Waals surface area contributed by atoms with Crippen LogP contribution in [-0.2, 0) is 19.9 Å². The zero-order valence-electron chi connectivity index (χ0n) is 10.3. The Bertz CT molecular complexity index is 726. The van der Waals surface area contributed by atoms with E-state index in [0.717, 1.165) is 6.26 Å². The van der Waals surface area contributed by atoms with Crippen LogP contribution in [0.2, 0.25) is 5.02 Å². The first kappa shape index (κ1) is 16.7. The summed E-state index contributed by atoms with van der Waals surface area (Å²) in [5, 5.41) is 8.87. The van der Waals surface area contributed by atoms with E-state index < -0.39 is 37.3 Å². The molecule has 7 nitrogen and oxygen atoms in total. The second-order valence-electron chi connectivity index (χ2n) is 4.02. The molecule has 0 aromatic heterocycles. The van der Waals surface area contributed by atoms with E-state index >= 15 is 0 Å². The number of benzene rings is 1. The van der Waals surface area contributed by atoms with Crippen molar-refractivity contribution in [2.45, 2.75) is 0 Å². The lowest BCUT2D eigenvalue weighted by Crippen LogP contribution is -2.23. The van der Waals surface area contributed by atoms with E-state index in [1.54, 1.807) is 0 Å². The van der Waals surface area contributed by atoms with Crippen LogP contribution >= 0.6 is 11.6 Å². The van der Waals surface area contributed by atoms with Gasteiger partial charge in [-0.2, -0.15) is 0 Å². The number of sulfonamides is 1. The fourth-order valence-electron chi connectivity index (χ4n) is 1.27. The Labute approximate surface area is 121 Å². The molecule has 0 spiro atoms. The number of hydrogen-bond donors (Lipinski definition) is 2. The maximum atomic E-state index is 11.7. The first-order valence-corrected chi connectivity index (χ1v) is 9.31. The number of para-hydroxylation sites is 1. The molecule has 0 unspecified atom stereocenters. The van der Waals surface area contributed by atoms with Crippen molar-refractivity contribution in [3.05, 3.63) is 28.8 Å². The lowest BCUT2D eigenvalue weighted by molar-refractivity contribution is 0.0698. The molecule has 1 aromatic carbocycles. The number of carbonyl (C=O) groups is 1. The predicted octanol–water partition coefficient (Wildman–Crippen LogP) is 0.825. The highest BCUT2D eigenvalue weighted by atomic mass is 35.5. The summed E-state index contributed by atoms with van der Waals surface area (Å²) in [6.45, 7) is 0. The number of halogens is 1. The van der Waals surface area contributed by atoms with Crippen molar-refractivity contribution >= 4 is 43.1 Å².